The number of carbonyl (C=O) groups excluding carboxylic acids is 4. The molecule has 0 saturated carbocycles. The van der Waals surface area contributed by atoms with Gasteiger partial charge in [0.1, 0.15) is 5.82 Å². The lowest BCUT2D eigenvalue weighted by Crippen LogP contribution is -2.36. The van der Waals surface area contributed by atoms with Crippen LogP contribution >= 0.6 is 0 Å². The van der Waals surface area contributed by atoms with Crippen LogP contribution in [0.15, 0.2) is 60.7 Å². The third-order valence-corrected chi connectivity index (χ3v) is 5.19. The number of benzene rings is 2. The van der Waals surface area contributed by atoms with E-state index in [0.717, 1.165) is 5.69 Å². The number of anilines is 2. The largest absolute Gasteiger partial charge is 0.325 e. The summed E-state index contributed by atoms with van der Waals surface area (Å²) in [6.45, 7) is 1.79. The summed E-state index contributed by atoms with van der Waals surface area (Å²) in [6, 6.07) is 16.7. The number of hydrogen-bond acceptors (Lipinski definition) is 6. The molecule has 33 heavy (non-hydrogen) atoms. The lowest BCUT2D eigenvalue weighted by atomic mass is 9.84. The van der Waals surface area contributed by atoms with Gasteiger partial charge in [-0.05, 0) is 44.3 Å². The molecule has 1 heterocycles. The molecular weight excluding hydrogens is 420 g/mol. The van der Waals surface area contributed by atoms with Gasteiger partial charge in [-0.2, -0.15) is 0 Å². The van der Waals surface area contributed by atoms with E-state index >= 15 is 0 Å². The van der Waals surface area contributed by atoms with Crippen LogP contribution in [0.1, 0.15) is 37.5 Å². The average molecular weight is 442 g/mol. The number of likely N-dealkylation sites (N-methyl/N-ethyl adjacent to an activating group) is 1. The van der Waals surface area contributed by atoms with Crippen molar-refractivity contribution >= 4 is 34.9 Å². The van der Waals surface area contributed by atoms with Crippen LogP contribution in [0.25, 0.3) is 0 Å². The molecule has 2 aromatic carbocycles. The molecule has 166 valence electrons. The monoisotopic (exact) mass is 442 g/mol. The third-order valence-electron chi connectivity index (χ3n) is 5.19. The first-order valence-electron chi connectivity index (χ1n) is 10.4. The molecule has 0 aliphatic heterocycles. The second-order valence-electron chi connectivity index (χ2n) is 7.90. The van der Waals surface area contributed by atoms with Gasteiger partial charge in [0.15, 0.2) is 11.6 Å². The van der Waals surface area contributed by atoms with E-state index < -0.39 is 0 Å². The van der Waals surface area contributed by atoms with Gasteiger partial charge in [0.05, 0.1) is 13.1 Å². The van der Waals surface area contributed by atoms with Crippen molar-refractivity contribution in [2.24, 2.45) is 0 Å². The maximum absolute atomic E-state index is 12.8. The maximum atomic E-state index is 12.8. The van der Waals surface area contributed by atoms with Crippen LogP contribution in [0.3, 0.4) is 0 Å². The highest BCUT2D eigenvalue weighted by molar-refractivity contribution is 6.28. The first-order valence-corrected chi connectivity index (χ1v) is 10.4. The molecule has 1 aliphatic carbocycles. The molecule has 4 rings (SSSR count). The number of rotatable bonds is 6. The van der Waals surface area contributed by atoms with Crippen molar-refractivity contribution in [1.29, 1.82) is 0 Å². The smallest absolute Gasteiger partial charge is 0.239 e. The minimum absolute atomic E-state index is 0.00297. The van der Waals surface area contributed by atoms with Crippen LogP contribution in [-0.4, -0.2) is 53.4 Å². The summed E-state index contributed by atoms with van der Waals surface area (Å²) >= 11 is 0. The Labute approximate surface area is 190 Å². The quantitative estimate of drug-likeness (QED) is 0.475. The molecule has 3 aromatic rings. The van der Waals surface area contributed by atoms with E-state index in [-0.39, 0.29) is 42.0 Å². The second kappa shape index (κ2) is 9.13. The molecule has 0 radical (unpaired) electrons. The van der Waals surface area contributed by atoms with Crippen molar-refractivity contribution in [1.82, 2.24) is 9.88 Å². The Hall–Kier alpha value is -4.17. The molecule has 0 saturated heterocycles. The van der Waals surface area contributed by atoms with E-state index in [2.05, 4.69) is 15.6 Å². The van der Waals surface area contributed by atoms with Crippen molar-refractivity contribution in [3.8, 4) is 0 Å². The first-order chi connectivity index (χ1) is 15.8. The number of fused-ring (bicyclic) bond motifs is 2. The molecule has 0 bridgehead atoms. The number of carbonyl (C=O) groups is 4. The van der Waals surface area contributed by atoms with Crippen LogP contribution in [-0.2, 0) is 9.59 Å². The van der Waals surface area contributed by atoms with Crippen molar-refractivity contribution in [2.45, 2.75) is 6.92 Å². The van der Waals surface area contributed by atoms with E-state index in [9.17, 15) is 19.2 Å². The molecule has 8 heteroatoms. The maximum Gasteiger partial charge on any atom is 0.239 e. The van der Waals surface area contributed by atoms with Crippen molar-refractivity contribution in [2.75, 3.05) is 30.8 Å². The third kappa shape index (κ3) is 4.86. The van der Waals surface area contributed by atoms with Gasteiger partial charge in [-0.25, -0.2) is 4.98 Å². The van der Waals surface area contributed by atoms with E-state index in [1.54, 1.807) is 60.5 Å². The summed E-state index contributed by atoms with van der Waals surface area (Å²) in [4.78, 5) is 56.0. The van der Waals surface area contributed by atoms with E-state index in [0.29, 0.717) is 28.2 Å². The Morgan fingerprint density at radius 1 is 0.788 bits per heavy atom. The van der Waals surface area contributed by atoms with Crippen LogP contribution in [0.2, 0.25) is 0 Å². The Bertz CT molecular complexity index is 1280. The van der Waals surface area contributed by atoms with Gasteiger partial charge in [-0.15, -0.1) is 0 Å². The lowest BCUT2D eigenvalue weighted by molar-refractivity contribution is -0.119. The van der Waals surface area contributed by atoms with Crippen LogP contribution in [0, 0.1) is 6.92 Å². The van der Waals surface area contributed by atoms with Crippen molar-refractivity contribution < 1.29 is 19.2 Å². The Balaban J connectivity index is 1.37. The lowest BCUT2D eigenvalue weighted by Gasteiger charge is -2.19. The van der Waals surface area contributed by atoms with Gasteiger partial charge < -0.3 is 10.6 Å². The number of nitrogens with zero attached hydrogens (tertiary/aromatic N) is 2. The highest BCUT2D eigenvalue weighted by Crippen LogP contribution is 2.29. The average Bonchev–Trinajstić information content (AvgIpc) is 2.77. The molecule has 2 N–H and O–H groups in total. The minimum Gasteiger partial charge on any atom is -0.325 e. The Kier molecular flexibility index (Phi) is 6.10. The van der Waals surface area contributed by atoms with Crippen LogP contribution in [0.5, 0.6) is 0 Å². The SMILES string of the molecule is Cc1cccc(NC(=O)CN(C)CC(=O)Nc2ccc3c(c2)C(=O)c2ccccc2C3=O)n1. The fourth-order valence-corrected chi connectivity index (χ4v) is 3.72. The summed E-state index contributed by atoms with van der Waals surface area (Å²) in [5.74, 6) is -0.664. The summed E-state index contributed by atoms with van der Waals surface area (Å²) < 4.78 is 0. The van der Waals surface area contributed by atoms with E-state index in [1.807, 2.05) is 13.0 Å². The predicted molar refractivity (Wildman–Crippen MR) is 123 cm³/mol. The van der Waals surface area contributed by atoms with Gasteiger partial charge in [-0.1, -0.05) is 30.3 Å². The highest BCUT2D eigenvalue weighted by atomic mass is 16.2. The fourth-order valence-electron chi connectivity index (χ4n) is 3.72. The summed E-state index contributed by atoms with van der Waals surface area (Å²) in [6.07, 6.45) is 0. The molecule has 8 nitrogen and oxygen atoms in total. The second-order valence-corrected chi connectivity index (χ2v) is 7.90. The molecule has 1 aromatic heterocycles. The van der Waals surface area contributed by atoms with Gasteiger partial charge in [0, 0.05) is 33.6 Å². The van der Waals surface area contributed by atoms with Crippen molar-refractivity contribution in [3.63, 3.8) is 0 Å². The fraction of sp³-hybridized carbons (Fsp3) is 0.160. The standard InChI is InChI=1S/C25H22N4O4/c1-15-6-5-9-21(26-15)28-23(31)14-29(2)13-22(30)27-16-10-11-19-20(12-16)25(33)18-8-4-3-7-17(18)24(19)32/h3-12H,13-14H2,1-2H3,(H,27,30)(H,26,28,31). The van der Waals surface area contributed by atoms with Crippen LogP contribution in [0.4, 0.5) is 11.5 Å². The zero-order chi connectivity index (χ0) is 23.5. The number of aromatic nitrogens is 1. The van der Waals surface area contributed by atoms with Crippen molar-refractivity contribution in [3.05, 3.63) is 88.6 Å². The number of ketones is 2. The van der Waals surface area contributed by atoms with Crippen LogP contribution < -0.4 is 10.6 Å². The molecule has 0 unspecified atom stereocenters. The summed E-state index contributed by atoms with van der Waals surface area (Å²) in [5, 5.41) is 5.42. The number of hydrogen-bond donors (Lipinski definition) is 2. The number of pyridine rings is 1. The van der Waals surface area contributed by atoms with Gasteiger partial charge in [0.2, 0.25) is 11.8 Å². The Morgan fingerprint density at radius 3 is 2.06 bits per heavy atom. The number of nitrogens with one attached hydrogen (secondary N) is 2. The number of amides is 2. The molecule has 1 aliphatic rings. The molecule has 0 spiro atoms. The van der Waals surface area contributed by atoms with Gasteiger partial charge in [0.25, 0.3) is 0 Å². The minimum atomic E-state index is -0.353. The Morgan fingerprint density at radius 2 is 1.39 bits per heavy atom. The summed E-state index contributed by atoms with van der Waals surface area (Å²) in [5.41, 5.74) is 2.50. The van der Waals surface area contributed by atoms with Gasteiger partial charge >= 0.3 is 0 Å². The highest BCUT2D eigenvalue weighted by Gasteiger charge is 2.29. The number of aryl methyl sites for hydroxylation is 1. The zero-order valence-corrected chi connectivity index (χ0v) is 18.2. The molecule has 2 amide bonds. The molecular formula is C25H22N4O4. The topological polar surface area (TPSA) is 108 Å². The zero-order valence-electron chi connectivity index (χ0n) is 18.2. The summed E-state index contributed by atoms with van der Waals surface area (Å²) in [7, 11) is 1.65. The normalized spacial score (nSPS) is 12.2. The molecule has 0 fully saturated rings. The first kappa shape index (κ1) is 22.0. The van der Waals surface area contributed by atoms with E-state index in [1.165, 1.54) is 6.07 Å². The van der Waals surface area contributed by atoms with E-state index in [4.69, 9.17) is 0 Å². The predicted octanol–water partition coefficient (Wildman–Crippen LogP) is 2.67. The molecule has 0 atom stereocenters. The van der Waals surface area contributed by atoms with Gasteiger partial charge in [-0.3, -0.25) is 24.1 Å².